The number of thiophene rings is 1. The highest BCUT2D eigenvalue weighted by Gasteiger charge is 2.37. The number of hydrogen-bond acceptors (Lipinski definition) is 3. The monoisotopic (exact) mass is 882 g/mol. The molecule has 4 heterocycles. The van der Waals surface area contributed by atoms with Gasteiger partial charge in [-0.3, -0.25) is 0 Å². The molecule has 0 amide bonds. The highest BCUT2D eigenvalue weighted by Crippen LogP contribution is 2.54. The van der Waals surface area contributed by atoms with E-state index in [-0.39, 0.29) is 16.2 Å². The molecule has 0 atom stereocenters. The molecule has 5 heteroatoms. The predicted molar refractivity (Wildman–Crippen MR) is 291 cm³/mol. The Balaban J connectivity index is 1.08. The van der Waals surface area contributed by atoms with Crippen molar-refractivity contribution in [3.8, 4) is 11.1 Å². The first kappa shape index (κ1) is 40.5. The van der Waals surface area contributed by atoms with Crippen LogP contribution in [0.2, 0.25) is 0 Å². The number of rotatable bonds is 4. The van der Waals surface area contributed by atoms with Gasteiger partial charge < -0.3 is 14.2 Å². The molecule has 0 saturated heterocycles. The summed E-state index contributed by atoms with van der Waals surface area (Å²) < 4.78 is 3.83. The molecule has 11 aromatic rings. The lowest BCUT2D eigenvalue weighted by molar-refractivity contribution is 0.590. The molecule has 1 radical (unpaired) electrons. The van der Waals surface area contributed by atoms with Crippen molar-refractivity contribution < 1.29 is 0 Å². The van der Waals surface area contributed by atoms with E-state index in [4.69, 9.17) is 0 Å². The summed E-state index contributed by atoms with van der Waals surface area (Å²) >= 11 is 1.92. The Morgan fingerprint density at radius 2 is 1.21 bits per heavy atom. The number of aryl methyl sites for hydroxylation is 1. The van der Waals surface area contributed by atoms with E-state index in [1.165, 1.54) is 109 Å². The molecular formula is C62H53BN3S. The minimum atomic E-state index is -0.0721. The number of aromatic nitrogens is 1. The van der Waals surface area contributed by atoms with Crippen molar-refractivity contribution in [3.05, 3.63) is 185 Å². The number of anilines is 6. The smallest absolute Gasteiger partial charge is 0.199 e. The van der Waals surface area contributed by atoms with Gasteiger partial charge in [0, 0.05) is 70.4 Å². The molecule has 2 aliphatic rings. The highest BCUT2D eigenvalue weighted by atomic mass is 32.1. The van der Waals surface area contributed by atoms with Gasteiger partial charge in [0.1, 0.15) is 0 Å². The minimum absolute atomic E-state index is 0.0271. The molecule has 0 spiro atoms. The topological polar surface area (TPSA) is 10.9 Å². The lowest BCUT2D eigenvalue weighted by Gasteiger charge is -2.37. The Kier molecular flexibility index (Phi) is 8.38. The third-order valence-corrected chi connectivity index (χ3v) is 16.3. The van der Waals surface area contributed by atoms with Crippen molar-refractivity contribution in [3.63, 3.8) is 0 Å². The Hall–Kier alpha value is -6.82. The fourth-order valence-corrected chi connectivity index (χ4v) is 12.8. The molecule has 325 valence electrons. The van der Waals surface area contributed by atoms with Gasteiger partial charge in [0.2, 0.25) is 0 Å². The Bertz CT molecular complexity index is 3840. The van der Waals surface area contributed by atoms with Crippen molar-refractivity contribution in [1.82, 2.24) is 4.40 Å². The van der Waals surface area contributed by atoms with E-state index >= 15 is 0 Å². The number of hydrogen-bond donors (Lipinski definition) is 0. The van der Waals surface area contributed by atoms with Crippen molar-refractivity contribution in [2.75, 3.05) is 9.80 Å². The molecule has 0 bridgehead atoms. The number of para-hydroxylation sites is 2. The summed E-state index contributed by atoms with van der Waals surface area (Å²) in [7, 11) is 2.48. The van der Waals surface area contributed by atoms with Gasteiger partial charge in [0.15, 0.2) is 7.28 Å². The zero-order chi connectivity index (χ0) is 45.9. The van der Waals surface area contributed by atoms with Gasteiger partial charge in [-0.25, -0.2) is 0 Å². The van der Waals surface area contributed by atoms with Gasteiger partial charge in [-0.2, -0.15) is 0 Å². The zero-order valence-electron chi connectivity index (χ0n) is 39.8. The molecule has 0 unspecified atom stereocenters. The van der Waals surface area contributed by atoms with Crippen molar-refractivity contribution in [2.24, 2.45) is 0 Å². The van der Waals surface area contributed by atoms with Crippen LogP contribution >= 0.6 is 11.3 Å². The largest absolute Gasteiger partial charge is 0.311 e. The fourth-order valence-electron chi connectivity index (χ4n) is 11.7. The molecule has 1 aliphatic heterocycles. The number of fused-ring (bicyclic) bond motifs is 12. The Morgan fingerprint density at radius 1 is 0.552 bits per heavy atom. The number of benzene rings is 8. The van der Waals surface area contributed by atoms with Gasteiger partial charge in [-0.1, -0.05) is 158 Å². The van der Waals surface area contributed by atoms with Gasteiger partial charge in [-0.15, -0.1) is 11.3 Å². The average molecular weight is 883 g/mol. The van der Waals surface area contributed by atoms with Crippen molar-refractivity contribution in [2.45, 2.75) is 78.6 Å². The van der Waals surface area contributed by atoms with E-state index in [0.29, 0.717) is 0 Å². The van der Waals surface area contributed by atoms with Crippen LogP contribution in [0.5, 0.6) is 0 Å². The molecule has 67 heavy (non-hydrogen) atoms. The maximum atomic E-state index is 2.58. The predicted octanol–water partition coefficient (Wildman–Crippen LogP) is 16.2. The Morgan fingerprint density at radius 3 is 1.96 bits per heavy atom. The molecule has 0 N–H and O–H groups in total. The van der Waals surface area contributed by atoms with Crippen molar-refractivity contribution in [1.29, 1.82) is 0 Å². The van der Waals surface area contributed by atoms with Crippen LogP contribution in [-0.4, -0.2) is 11.7 Å². The molecular weight excluding hydrogens is 830 g/mol. The SMILES string of the molecule is Cc1sc2cc3c(cc2c1N(c1ccc(C(C)(C)C)cc1)c1cccc2c1[B]c1cc4c5cccc6c7ccccc7n(c4cc1N2c1ccc(C(C)(C)C)cc1)c65)-c1ccccc1C3(C)C. The lowest BCUT2D eigenvalue weighted by Crippen LogP contribution is -2.42. The first-order valence-electron chi connectivity index (χ1n) is 23.8. The second-order valence-corrected chi connectivity index (χ2v) is 22.9. The molecule has 8 aromatic carbocycles. The second kappa shape index (κ2) is 13.9. The van der Waals surface area contributed by atoms with Crippen molar-refractivity contribution >= 4 is 112 Å². The Labute approximate surface area is 398 Å². The molecule has 3 aromatic heterocycles. The summed E-state index contributed by atoms with van der Waals surface area (Å²) in [6.45, 7) is 20.9. The van der Waals surface area contributed by atoms with Gasteiger partial charge in [-0.05, 0) is 117 Å². The summed E-state index contributed by atoms with van der Waals surface area (Å²) in [5.41, 5.74) is 21.4. The van der Waals surface area contributed by atoms with Crippen LogP contribution in [0.4, 0.5) is 34.1 Å². The highest BCUT2D eigenvalue weighted by molar-refractivity contribution is 7.19. The average Bonchev–Trinajstić information content (AvgIpc) is 4.00. The molecule has 0 fully saturated rings. The summed E-state index contributed by atoms with van der Waals surface area (Å²) in [6.07, 6.45) is 0. The first-order chi connectivity index (χ1) is 32.2. The molecule has 0 saturated carbocycles. The third-order valence-electron chi connectivity index (χ3n) is 15.2. The van der Waals surface area contributed by atoms with Crippen LogP contribution in [0.15, 0.2) is 158 Å². The normalized spacial score (nSPS) is 14.3. The fraction of sp³-hybridized carbons (Fsp3) is 0.194. The van der Waals surface area contributed by atoms with Gasteiger partial charge >= 0.3 is 0 Å². The third kappa shape index (κ3) is 5.77. The summed E-state index contributed by atoms with van der Waals surface area (Å²) in [4.78, 5) is 6.40. The van der Waals surface area contributed by atoms with E-state index in [1.54, 1.807) is 0 Å². The molecule has 1 aliphatic carbocycles. The maximum Gasteiger partial charge on any atom is 0.199 e. The minimum Gasteiger partial charge on any atom is -0.311 e. The van der Waals surface area contributed by atoms with E-state index < -0.39 is 0 Å². The quantitative estimate of drug-likeness (QED) is 0.163. The zero-order valence-corrected chi connectivity index (χ0v) is 40.7. The standard InChI is InChI=1S/C62H53BN3S/c1-36-58(47-32-45-41-16-10-12-20-48(41)62(8,9)49(45)34-56(47)67-36)65(40-30-26-38(27-31-40)61(5,6)7)53-23-15-22-52-57(53)63-50-33-46-44-19-14-18-43-42-17-11-13-21-51(42)66(59(43)44)54(46)35-55(50)64(52)39-28-24-37(25-29-39)60(2,3)4/h10-35H,1-9H3. The summed E-state index contributed by atoms with van der Waals surface area (Å²) in [5.74, 6) is 0. The second-order valence-electron chi connectivity index (χ2n) is 21.7. The summed E-state index contributed by atoms with van der Waals surface area (Å²) in [5, 5.41) is 6.45. The van der Waals surface area contributed by atoms with Crippen LogP contribution < -0.4 is 20.7 Å². The summed E-state index contributed by atoms with van der Waals surface area (Å²) in [6, 6.07) is 60.3. The molecule has 13 rings (SSSR count). The first-order valence-corrected chi connectivity index (χ1v) is 24.7. The van der Waals surface area contributed by atoms with Crippen LogP contribution in [-0.2, 0) is 16.2 Å². The van der Waals surface area contributed by atoms with E-state index in [2.05, 4.69) is 242 Å². The van der Waals surface area contributed by atoms with E-state index in [0.717, 1.165) is 22.7 Å². The number of nitrogens with zero attached hydrogens (tertiary/aromatic N) is 3. The van der Waals surface area contributed by atoms with Crippen LogP contribution in [0.1, 0.15) is 82.5 Å². The van der Waals surface area contributed by atoms with E-state index in [9.17, 15) is 0 Å². The van der Waals surface area contributed by atoms with Gasteiger partial charge in [0.25, 0.3) is 0 Å². The van der Waals surface area contributed by atoms with Crippen LogP contribution in [0, 0.1) is 6.92 Å². The van der Waals surface area contributed by atoms with E-state index in [1.807, 2.05) is 11.3 Å². The van der Waals surface area contributed by atoms with Crippen LogP contribution in [0.25, 0.3) is 59.3 Å². The maximum absolute atomic E-state index is 2.58. The lowest BCUT2D eigenvalue weighted by atomic mass is 9.59. The van der Waals surface area contributed by atoms with Crippen LogP contribution in [0.3, 0.4) is 0 Å². The molecule has 3 nitrogen and oxygen atoms in total. The van der Waals surface area contributed by atoms with Gasteiger partial charge in [0.05, 0.1) is 22.2 Å².